The molecule has 0 amide bonds. The molecule has 0 atom stereocenters. The number of carbonyl (C=O) groups excluding carboxylic acids is 2. The van der Waals surface area contributed by atoms with Gasteiger partial charge < -0.3 is 9.47 Å². The van der Waals surface area contributed by atoms with Gasteiger partial charge in [0.05, 0.1) is 7.11 Å². The minimum atomic E-state index is -0.843. The molecule has 4 nitrogen and oxygen atoms in total. The third-order valence-corrected chi connectivity index (χ3v) is 4.27. The van der Waals surface area contributed by atoms with Crippen LogP contribution in [0.3, 0.4) is 0 Å². The Morgan fingerprint density at radius 3 is 2.30 bits per heavy atom. The molecule has 0 radical (unpaired) electrons. The number of benzene rings is 2. The lowest BCUT2D eigenvalue weighted by atomic mass is 10.0. The molecule has 0 bridgehead atoms. The molecule has 1 fully saturated rings. The molecular weight excluding hydrogens is 360 g/mol. The molecule has 3 rings (SSSR count). The number of hydrogen-bond donors (Lipinski definition) is 0. The normalized spacial score (nSPS) is 14.9. The van der Waals surface area contributed by atoms with Crippen molar-refractivity contribution < 1.29 is 19.1 Å². The topological polar surface area (TPSA) is 52.6 Å². The van der Waals surface area contributed by atoms with Crippen LogP contribution in [0.2, 0.25) is 0 Å². The van der Waals surface area contributed by atoms with E-state index < -0.39 is 5.60 Å². The van der Waals surface area contributed by atoms with Crippen LogP contribution in [0.4, 0.5) is 0 Å². The molecule has 1 aliphatic rings. The Labute approximate surface area is 142 Å². The Morgan fingerprint density at radius 1 is 1.04 bits per heavy atom. The first-order valence-corrected chi connectivity index (χ1v) is 8.01. The minimum absolute atomic E-state index is 0.0630. The monoisotopic (exact) mass is 374 g/mol. The summed E-state index contributed by atoms with van der Waals surface area (Å²) in [5.74, 6) is 0.137. The molecule has 1 saturated carbocycles. The Morgan fingerprint density at radius 2 is 1.74 bits per heavy atom. The van der Waals surface area contributed by atoms with Crippen molar-refractivity contribution in [1.82, 2.24) is 0 Å². The van der Waals surface area contributed by atoms with Gasteiger partial charge in [-0.1, -0.05) is 28.1 Å². The second-order valence-electron chi connectivity index (χ2n) is 5.45. The van der Waals surface area contributed by atoms with Crippen molar-refractivity contribution in [3.05, 3.63) is 64.1 Å². The molecule has 0 aliphatic heterocycles. The van der Waals surface area contributed by atoms with Gasteiger partial charge >= 0.3 is 5.97 Å². The lowest BCUT2D eigenvalue weighted by Gasteiger charge is -2.15. The van der Waals surface area contributed by atoms with Gasteiger partial charge in [-0.2, -0.15) is 0 Å². The van der Waals surface area contributed by atoms with Gasteiger partial charge in [-0.15, -0.1) is 0 Å². The van der Waals surface area contributed by atoms with E-state index in [0.29, 0.717) is 29.7 Å². The number of methoxy groups -OCH3 is 1. The summed E-state index contributed by atoms with van der Waals surface area (Å²) in [5, 5.41) is 0. The molecule has 0 heterocycles. The van der Waals surface area contributed by atoms with Gasteiger partial charge in [0.1, 0.15) is 5.75 Å². The number of ether oxygens (including phenoxy) is 2. The van der Waals surface area contributed by atoms with Crippen molar-refractivity contribution >= 4 is 27.7 Å². The van der Waals surface area contributed by atoms with Gasteiger partial charge in [-0.3, -0.25) is 4.79 Å². The zero-order valence-electron chi connectivity index (χ0n) is 12.5. The minimum Gasteiger partial charge on any atom is -0.476 e. The van der Waals surface area contributed by atoms with E-state index in [1.807, 2.05) is 12.1 Å². The third kappa shape index (κ3) is 3.29. The number of hydrogen-bond acceptors (Lipinski definition) is 4. The van der Waals surface area contributed by atoms with Crippen molar-refractivity contribution in [2.24, 2.45) is 0 Å². The SMILES string of the molecule is COC(=O)C1(Oc2ccc(C(=O)c3cccc(Br)c3)cc2)CC1. The summed E-state index contributed by atoms with van der Waals surface area (Å²) in [4.78, 5) is 24.1. The lowest BCUT2D eigenvalue weighted by molar-refractivity contribution is -0.151. The summed E-state index contributed by atoms with van der Waals surface area (Å²) in [7, 11) is 1.35. The summed E-state index contributed by atoms with van der Waals surface area (Å²) in [6.07, 6.45) is 1.30. The summed E-state index contributed by atoms with van der Waals surface area (Å²) in [5.41, 5.74) is 0.338. The molecule has 23 heavy (non-hydrogen) atoms. The van der Waals surface area contributed by atoms with Crippen molar-refractivity contribution in [3.8, 4) is 5.75 Å². The van der Waals surface area contributed by atoms with Gasteiger partial charge in [0.15, 0.2) is 5.78 Å². The van der Waals surface area contributed by atoms with E-state index in [2.05, 4.69) is 15.9 Å². The average Bonchev–Trinajstić information content (AvgIpc) is 3.35. The van der Waals surface area contributed by atoms with Crippen molar-refractivity contribution in [2.45, 2.75) is 18.4 Å². The van der Waals surface area contributed by atoms with Crippen LogP contribution in [0, 0.1) is 0 Å². The van der Waals surface area contributed by atoms with E-state index in [1.165, 1.54) is 7.11 Å². The van der Waals surface area contributed by atoms with Crippen LogP contribution in [0.1, 0.15) is 28.8 Å². The zero-order chi connectivity index (χ0) is 16.4. The van der Waals surface area contributed by atoms with Crippen molar-refractivity contribution in [1.29, 1.82) is 0 Å². The van der Waals surface area contributed by atoms with E-state index in [4.69, 9.17) is 9.47 Å². The van der Waals surface area contributed by atoms with Crippen molar-refractivity contribution in [2.75, 3.05) is 7.11 Å². The second-order valence-corrected chi connectivity index (χ2v) is 6.37. The molecule has 5 heteroatoms. The van der Waals surface area contributed by atoms with E-state index in [0.717, 1.165) is 4.47 Å². The molecule has 0 saturated heterocycles. The summed E-state index contributed by atoms with van der Waals surface area (Å²) in [6, 6.07) is 14.1. The fraction of sp³-hybridized carbons (Fsp3) is 0.222. The molecule has 2 aromatic rings. The maximum absolute atomic E-state index is 12.4. The molecule has 1 aliphatic carbocycles. The molecular formula is C18H15BrO4. The standard InChI is InChI=1S/C18H15BrO4/c1-22-17(21)18(9-10-18)23-15-7-5-12(6-8-15)16(20)13-3-2-4-14(19)11-13/h2-8,11H,9-10H2,1H3. The van der Waals surface area contributed by atoms with E-state index >= 15 is 0 Å². The second kappa shape index (κ2) is 6.16. The van der Waals surface area contributed by atoms with Crippen LogP contribution < -0.4 is 4.74 Å². The zero-order valence-corrected chi connectivity index (χ0v) is 14.1. The number of esters is 1. The van der Waals surface area contributed by atoms with Crippen LogP contribution in [0.15, 0.2) is 53.0 Å². The number of halogens is 1. The number of carbonyl (C=O) groups is 2. The highest BCUT2D eigenvalue weighted by molar-refractivity contribution is 9.10. The van der Waals surface area contributed by atoms with Crippen LogP contribution in [0.25, 0.3) is 0 Å². The third-order valence-electron chi connectivity index (χ3n) is 3.78. The quantitative estimate of drug-likeness (QED) is 0.590. The van der Waals surface area contributed by atoms with E-state index in [1.54, 1.807) is 36.4 Å². The largest absolute Gasteiger partial charge is 0.476 e. The van der Waals surface area contributed by atoms with Crippen LogP contribution >= 0.6 is 15.9 Å². The maximum atomic E-state index is 12.4. The smallest absolute Gasteiger partial charge is 0.350 e. The van der Waals surface area contributed by atoms with Crippen LogP contribution in [-0.4, -0.2) is 24.5 Å². The summed E-state index contributed by atoms with van der Waals surface area (Å²) in [6.45, 7) is 0. The molecule has 2 aromatic carbocycles. The van der Waals surface area contributed by atoms with Gasteiger partial charge in [0, 0.05) is 28.4 Å². The highest BCUT2D eigenvalue weighted by Gasteiger charge is 2.54. The molecule has 0 N–H and O–H groups in total. The van der Waals surface area contributed by atoms with E-state index in [-0.39, 0.29) is 11.8 Å². The molecule has 0 unspecified atom stereocenters. The average molecular weight is 375 g/mol. The van der Waals surface area contributed by atoms with Crippen LogP contribution in [-0.2, 0) is 9.53 Å². The first-order valence-electron chi connectivity index (χ1n) is 7.22. The Balaban J connectivity index is 1.75. The number of ketones is 1. The maximum Gasteiger partial charge on any atom is 0.350 e. The Bertz CT molecular complexity index is 748. The predicted molar refractivity (Wildman–Crippen MR) is 88.6 cm³/mol. The number of rotatable bonds is 5. The first-order chi connectivity index (χ1) is 11.0. The van der Waals surface area contributed by atoms with Gasteiger partial charge in [-0.05, 0) is 36.4 Å². The van der Waals surface area contributed by atoms with Crippen molar-refractivity contribution in [3.63, 3.8) is 0 Å². The van der Waals surface area contributed by atoms with E-state index in [9.17, 15) is 9.59 Å². The lowest BCUT2D eigenvalue weighted by Crippen LogP contribution is -2.30. The van der Waals surface area contributed by atoms with Gasteiger partial charge in [-0.25, -0.2) is 4.79 Å². The predicted octanol–water partition coefficient (Wildman–Crippen LogP) is 3.76. The fourth-order valence-corrected chi connectivity index (χ4v) is 2.74. The first kappa shape index (κ1) is 15.7. The fourth-order valence-electron chi connectivity index (χ4n) is 2.34. The molecule has 0 aromatic heterocycles. The summed E-state index contributed by atoms with van der Waals surface area (Å²) < 4.78 is 11.3. The van der Waals surface area contributed by atoms with Crippen LogP contribution in [0.5, 0.6) is 5.75 Å². The summed E-state index contributed by atoms with van der Waals surface area (Å²) >= 11 is 3.36. The highest BCUT2D eigenvalue weighted by atomic mass is 79.9. The van der Waals surface area contributed by atoms with Gasteiger partial charge in [0.2, 0.25) is 5.60 Å². The molecule has 0 spiro atoms. The highest BCUT2D eigenvalue weighted by Crippen LogP contribution is 2.41. The van der Waals surface area contributed by atoms with Gasteiger partial charge in [0.25, 0.3) is 0 Å². The Kier molecular flexibility index (Phi) is 4.22. The Hall–Kier alpha value is -2.14. The molecule has 118 valence electrons.